The van der Waals surface area contributed by atoms with Crippen LogP contribution in [0.4, 0.5) is 0 Å². The second-order valence-electron chi connectivity index (χ2n) is 4.39. The first kappa shape index (κ1) is 15.3. The lowest BCUT2D eigenvalue weighted by Crippen LogP contribution is -2.24. The lowest BCUT2D eigenvalue weighted by molar-refractivity contribution is 0.0948. The van der Waals surface area contributed by atoms with Gasteiger partial charge in [0.15, 0.2) is 5.69 Å². The Labute approximate surface area is 127 Å². The molecule has 112 valence electrons. The third-order valence-corrected chi connectivity index (χ3v) is 2.79. The number of hydrogen-bond acceptors (Lipinski definition) is 4. The van der Waals surface area contributed by atoms with Crippen LogP contribution in [0.5, 0.6) is 0 Å². The molecule has 0 bridgehead atoms. The maximum absolute atomic E-state index is 11.7. The van der Waals surface area contributed by atoms with E-state index in [0.717, 1.165) is 0 Å². The molecule has 0 aliphatic carbocycles. The van der Waals surface area contributed by atoms with E-state index < -0.39 is 0 Å². The number of nitrogens with one attached hydrogen (secondary N) is 2. The zero-order valence-electron chi connectivity index (χ0n) is 12.3. The summed E-state index contributed by atoms with van der Waals surface area (Å²) in [4.78, 5) is 23.4. The fraction of sp³-hybridized carbons (Fsp3) is 0.200. The summed E-state index contributed by atoms with van der Waals surface area (Å²) in [6, 6.07) is 7.02. The van der Waals surface area contributed by atoms with Gasteiger partial charge < -0.3 is 10.6 Å². The van der Waals surface area contributed by atoms with Crippen molar-refractivity contribution in [3.8, 4) is 11.8 Å². The van der Waals surface area contributed by atoms with Crippen molar-refractivity contribution in [2.45, 2.75) is 0 Å². The van der Waals surface area contributed by atoms with E-state index in [4.69, 9.17) is 0 Å². The first-order valence-electron chi connectivity index (χ1n) is 6.56. The minimum atomic E-state index is -0.345. The summed E-state index contributed by atoms with van der Waals surface area (Å²) >= 11 is 0. The van der Waals surface area contributed by atoms with Gasteiger partial charge in [0.05, 0.1) is 18.3 Å². The maximum Gasteiger partial charge on any atom is 0.274 e. The van der Waals surface area contributed by atoms with Crippen LogP contribution in [0.2, 0.25) is 0 Å². The second kappa shape index (κ2) is 7.04. The molecule has 22 heavy (non-hydrogen) atoms. The zero-order valence-corrected chi connectivity index (χ0v) is 12.3. The van der Waals surface area contributed by atoms with Gasteiger partial charge in [0.25, 0.3) is 11.8 Å². The molecule has 1 aromatic carbocycles. The molecule has 0 aliphatic heterocycles. The molecule has 0 saturated carbocycles. The predicted octanol–water partition coefficient (Wildman–Crippen LogP) is -0.0438. The molecule has 0 atom stereocenters. The van der Waals surface area contributed by atoms with Crippen molar-refractivity contribution in [3.05, 3.63) is 47.3 Å². The molecule has 7 nitrogen and oxygen atoms in total. The zero-order chi connectivity index (χ0) is 15.9. The quantitative estimate of drug-likeness (QED) is 0.778. The number of carbonyl (C=O) groups is 2. The molecule has 0 radical (unpaired) electrons. The Hall–Kier alpha value is -3.14. The standard InChI is InChI=1S/C15H15N5O2/c1-16-14(21)12-8-4-3-6-11(12)7-5-9-17-15(22)13-10-20(2)19-18-13/h3-4,6,8,10H,9H2,1-2H3,(H,16,21)(H,17,22). The highest BCUT2D eigenvalue weighted by Crippen LogP contribution is 2.06. The van der Waals surface area contributed by atoms with Crippen molar-refractivity contribution in [2.24, 2.45) is 7.05 Å². The smallest absolute Gasteiger partial charge is 0.274 e. The van der Waals surface area contributed by atoms with Gasteiger partial charge >= 0.3 is 0 Å². The summed E-state index contributed by atoms with van der Waals surface area (Å²) in [7, 11) is 3.24. The molecule has 2 N–H and O–H groups in total. The van der Waals surface area contributed by atoms with Gasteiger partial charge in [-0.2, -0.15) is 0 Å². The molecule has 2 rings (SSSR count). The average Bonchev–Trinajstić information content (AvgIpc) is 2.97. The number of amides is 2. The summed E-state index contributed by atoms with van der Waals surface area (Å²) in [5, 5.41) is 12.6. The fourth-order valence-electron chi connectivity index (χ4n) is 1.73. The molecular formula is C15H15N5O2. The molecule has 0 saturated heterocycles. The molecule has 0 spiro atoms. The predicted molar refractivity (Wildman–Crippen MR) is 80.0 cm³/mol. The van der Waals surface area contributed by atoms with Gasteiger partial charge in [-0.15, -0.1) is 5.10 Å². The molecular weight excluding hydrogens is 282 g/mol. The van der Waals surface area contributed by atoms with Crippen LogP contribution >= 0.6 is 0 Å². The number of aromatic nitrogens is 3. The molecule has 0 fully saturated rings. The average molecular weight is 297 g/mol. The Kier molecular flexibility index (Phi) is 4.88. The highest BCUT2D eigenvalue weighted by Gasteiger charge is 2.08. The van der Waals surface area contributed by atoms with Crippen LogP contribution in [0.1, 0.15) is 26.4 Å². The van der Waals surface area contributed by atoms with E-state index in [-0.39, 0.29) is 24.1 Å². The highest BCUT2D eigenvalue weighted by atomic mass is 16.2. The summed E-state index contributed by atoms with van der Waals surface area (Å²) < 4.78 is 1.44. The topological polar surface area (TPSA) is 88.9 Å². The monoisotopic (exact) mass is 297 g/mol. The van der Waals surface area contributed by atoms with Crippen LogP contribution in [0.3, 0.4) is 0 Å². The van der Waals surface area contributed by atoms with Gasteiger partial charge in [0, 0.05) is 19.7 Å². The van der Waals surface area contributed by atoms with E-state index in [1.54, 1.807) is 38.4 Å². The summed E-state index contributed by atoms with van der Waals surface area (Å²) in [5.74, 6) is 5.14. The van der Waals surface area contributed by atoms with Gasteiger partial charge in [-0.25, -0.2) is 0 Å². The van der Waals surface area contributed by atoms with Crippen LogP contribution in [-0.4, -0.2) is 40.4 Å². The lowest BCUT2D eigenvalue weighted by atomic mass is 10.1. The lowest BCUT2D eigenvalue weighted by Gasteiger charge is -2.02. The largest absolute Gasteiger partial charge is 0.355 e. The highest BCUT2D eigenvalue weighted by molar-refractivity contribution is 5.96. The molecule has 7 heteroatoms. The van der Waals surface area contributed by atoms with E-state index in [9.17, 15) is 9.59 Å². The number of hydrogen-bond donors (Lipinski definition) is 2. The number of aryl methyl sites for hydroxylation is 1. The molecule has 2 amide bonds. The molecule has 2 aromatic rings. The first-order chi connectivity index (χ1) is 10.6. The maximum atomic E-state index is 11.7. The van der Waals surface area contributed by atoms with E-state index in [2.05, 4.69) is 32.8 Å². The van der Waals surface area contributed by atoms with Crippen molar-refractivity contribution >= 4 is 11.8 Å². The minimum Gasteiger partial charge on any atom is -0.355 e. The van der Waals surface area contributed by atoms with E-state index in [1.165, 1.54) is 10.9 Å². The van der Waals surface area contributed by atoms with Crippen LogP contribution in [-0.2, 0) is 7.05 Å². The van der Waals surface area contributed by atoms with Crippen molar-refractivity contribution in [1.29, 1.82) is 0 Å². The molecule has 0 unspecified atom stereocenters. The number of nitrogens with zero attached hydrogens (tertiary/aromatic N) is 3. The van der Waals surface area contributed by atoms with E-state index in [1.807, 2.05) is 0 Å². The summed E-state index contributed by atoms with van der Waals surface area (Å²) in [5.41, 5.74) is 1.34. The van der Waals surface area contributed by atoms with Gasteiger partial charge in [-0.3, -0.25) is 14.3 Å². The van der Waals surface area contributed by atoms with E-state index in [0.29, 0.717) is 11.1 Å². The van der Waals surface area contributed by atoms with Crippen molar-refractivity contribution in [2.75, 3.05) is 13.6 Å². The van der Waals surface area contributed by atoms with Gasteiger partial charge in [0.2, 0.25) is 0 Å². The third kappa shape index (κ3) is 3.70. The van der Waals surface area contributed by atoms with Crippen LogP contribution in [0.15, 0.2) is 30.5 Å². The number of benzene rings is 1. The normalized spacial score (nSPS) is 9.55. The Morgan fingerprint density at radius 1 is 1.27 bits per heavy atom. The second-order valence-corrected chi connectivity index (χ2v) is 4.39. The van der Waals surface area contributed by atoms with Gasteiger partial charge in [-0.05, 0) is 12.1 Å². The third-order valence-electron chi connectivity index (χ3n) is 2.79. The van der Waals surface area contributed by atoms with Crippen molar-refractivity contribution in [1.82, 2.24) is 25.6 Å². The molecule has 1 heterocycles. The van der Waals surface area contributed by atoms with E-state index >= 15 is 0 Å². The Bertz CT molecular complexity index is 755. The molecule has 1 aromatic heterocycles. The Morgan fingerprint density at radius 2 is 2.05 bits per heavy atom. The van der Waals surface area contributed by atoms with Crippen LogP contribution in [0, 0.1) is 11.8 Å². The van der Waals surface area contributed by atoms with Crippen LogP contribution in [0.25, 0.3) is 0 Å². The molecule has 0 aliphatic rings. The number of carbonyl (C=O) groups excluding carboxylic acids is 2. The van der Waals surface area contributed by atoms with Gasteiger partial charge in [-0.1, -0.05) is 29.2 Å². The SMILES string of the molecule is CNC(=O)c1ccccc1C#CCNC(=O)c1cn(C)nn1. The minimum absolute atomic E-state index is 0.150. The van der Waals surface area contributed by atoms with Crippen molar-refractivity contribution in [3.63, 3.8) is 0 Å². The Balaban J connectivity index is 2.00. The van der Waals surface area contributed by atoms with Crippen LogP contribution < -0.4 is 10.6 Å². The fourth-order valence-corrected chi connectivity index (χ4v) is 1.73. The first-order valence-corrected chi connectivity index (χ1v) is 6.56. The van der Waals surface area contributed by atoms with Crippen molar-refractivity contribution < 1.29 is 9.59 Å². The summed E-state index contributed by atoms with van der Waals surface area (Å²) in [6.45, 7) is 0.150. The Morgan fingerprint density at radius 3 is 2.73 bits per heavy atom. The van der Waals surface area contributed by atoms with Gasteiger partial charge in [0.1, 0.15) is 0 Å². The number of rotatable bonds is 3. The summed E-state index contributed by atoms with van der Waals surface area (Å²) in [6.07, 6.45) is 1.52.